The van der Waals surface area contributed by atoms with Crippen LogP contribution in [0.4, 0.5) is 5.13 Å². The lowest BCUT2D eigenvalue weighted by molar-refractivity contribution is -0.122. The number of anilines is 1. The van der Waals surface area contributed by atoms with Gasteiger partial charge in [0.2, 0.25) is 5.91 Å². The van der Waals surface area contributed by atoms with E-state index in [2.05, 4.69) is 14.2 Å². The third kappa shape index (κ3) is 5.43. The number of rotatable bonds is 5. The Kier molecular flexibility index (Phi) is 8.04. The molecule has 3 heterocycles. The molecular formula is C21H30N4O4S2. The molecule has 2 aromatic rings. The zero-order valence-electron chi connectivity index (χ0n) is 17.9. The Balaban J connectivity index is 0.00000132. The highest BCUT2D eigenvalue weighted by atomic mass is 32.2. The number of piperazine rings is 1. The smallest absolute Gasteiger partial charge is 0.235 e. The Morgan fingerprint density at radius 3 is 2.45 bits per heavy atom. The monoisotopic (exact) mass is 466 g/mol. The minimum absolute atomic E-state index is 0.134. The van der Waals surface area contributed by atoms with Crippen molar-refractivity contribution in [2.75, 3.05) is 44.3 Å². The molecule has 1 amide bonds. The van der Waals surface area contributed by atoms with E-state index in [0.717, 1.165) is 41.8 Å². The van der Waals surface area contributed by atoms with Gasteiger partial charge in [-0.25, -0.2) is 9.29 Å². The van der Waals surface area contributed by atoms with Crippen molar-refractivity contribution in [3.8, 4) is 21.9 Å². The molecule has 31 heavy (non-hydrogen) atoms. The summed E-state index contributed by atoms with van der Waals surface area (Å²) in [5, 5.41) is 20.1. The molecule has 2 fully saturated rings. The van der Waals surface area contributed by atoms with Gasteiger partial charge >= 0.3 is 0 Å². The van der Waals surface area contributed by atoms with E-state index in [4.69, 9.17) is 10.5 Å². The fourth-order valence-electron chi connectivity index (χ4n) is 3.52. The van der Waals surface area contributed by atoms with Gasteiger partial charge in [-0.15, -0.1) is 0 Å². The summed E-state index contributed by atoms with van der Waals surface area (Å²) in [5.41, 5.74) is 6.54. The minimum atomic E-state index is -0.560. The predicted molar refractivity (Wildman–Crippen MR) is 126 cm³/mol. The number of primary amides is 1. The fraction of sp³-hybridized carbons (Fsp3) is 0.524. The van der Waals surface area contributed by atoms with E-state index in [1.807, 2.05) is 13.8 Å². The van der Waals surface area contributed by atoms with Crippen molar-refractivity contribution >= 4 is 34.3 Å². The van der Waals surface area contributed by atoms with Crippen molar-refractivity contribution < 1.29 is 19.7 Å². The van der Waals surface area contributed by atoms with Crippen LogP contribution >= 0.6 is 23.3 Å². The van der Waals surface area contributed by atoms with Crippen molar-refractivity contribution in [2.45, 2.75) is 31.4 Å². The number of hydrogen-bond acceptors (Lipinski definition) is 9. The van der Waals surface area contributed by atoms with Crippen LogP contribution in [0.15, 0.2) is 24.4 Å². The zero-order chi connectivity index (χ0) is 22.4. The number of phenols is 2. The van der Waals surface area contributed by atoms with Crippen molar-refractivity contribution in [1.82, 2.24) is 9.29 Å². The Labute approximate surface area is 191 Å². The summed E-state index contributed by atoms with van der Waals surface area (Å²) in [5.74, 6) is -0.528. The van der Waals surface area contributed by atoms with Gasteiger partial charge in [-0.05, 0) is 36.6 Å². The number of phenolic OH excluding ortho intramolecular Hbond substituents is 2. The second-order valence-electron chi connectivity index (χ2n) is 7.19. The molecule has 0 radical (unpaired) electrons. The number of hydrogen-bond donors (Lipinski definition) is 3. The largest absolute Gasteiger partial charge is 0.504 e. The molecule has 4 N–H and O–H groups in total. The first-order chi connectivity index (χ1) is 15.0. The molecule has 0 atom stereocenters. The Hall–Kier alpha value is -2.01. The van der Waals surface area contributed by atoms with Crippen LogP contribution in [0.1, 0.15) is 26.7 Å². The Morgan fingerprint density at radius 2 is 1.84 bits per heavy atom. The fourth-order valence-corrected chi connectivity index (χ4v) is 5.77. The number of aromatic hydroxyl groups is 2. The first kappa shape index (κ1) is 23.6. The van der Waals surface area contributed by atoms with E-state index in [0.29, 0.717) is 26.1 Å². The van der Waals surface area contributed by atoms with Crippen molar-refractivity contribution in [3.05, 3.63) is 24.4 Å². The van der Waals surface area contributed by atoms with E-state index < -0.39 is 4.75 Å². The second kappa shape index (κ2) is 10.5. The lowest BCUT2D eigenvalue weighted by atomic mass is 9.98. The maximum Gasteiger partial charge on any atom is 0.235 e. The average Bonchev–Trinajstić information content (AvgIpc) is 3.28. The molecule has 0 aliphatic carbocycles. The van der Waals surface area contributed by atoms with E-state index >= 15 is 0 Å². The molecule has 2 aliphatic rings. The lowest BCUT2D eigenvalue weighted by Gasteiger charge is -2.40. The minimum Gasteiger partial charge on any atom is -0.504 e. The zero-order valence-corrected chi connectivity index (χ0v) is 19.5. The highest BCUT2D eigenvalue weighted by Gasteiger charge is 2.41. The van der Waals surface area contributed by atoms with Crippen LogP contribution in [0, 0.1) is 0 Å². The number of carbonyl (C=O) groups excluding carboxylic acids is 1. The molecule has 10 heteroatoms. The Bertz CT molecular complexity index is 878. The molecule has 0 spiro atoms. The van der Waals surface area contributed by atoms with Gasteiger partial charge in [0.05, 0.1) is 4.88 Å². The van der Waals surface area contributed by atoms with E-state index in [9.17, 15) is 15.0 Å². The van der Waals surface area contributed by atoms with Gasteiger partial charge in [0.15, 0.2) is 16.6 Å². The molecule has 0 unspecified atom stereocenters. The summed E-state index contributed by atoms with van der Waals surface area (Å²) < 4.78 is 7.08. The maximum atomic E-state index is 12.1. The molecular weight excluding hydrogens is 436 g/mol. The van der Waals surface area contributed by atoms with Gasteiger partial charge in [0.25, 0.3) is 0 Å². The summed E-state index contributed by atoms with van der Waals surface area (Å²) in [6, 6.07) is 4.78. The highest BCUT2D eigenvalue weighted by molar-refractivity contribution is 7.99. The SMILES string of the molecule is CC.NC(=O)C1(SN2CCN(c3ncc(-c4ccc(O)c(O)c4)s3)CC2)CCOCC1. The van der Waals surface area contributed by atoms with Crippen LogP contribution in [0.25, 0.3) is 10.4 Å². The van der Waals surface area contributed by atoms with Crippen molar-refractivity contribution in [2.24, 2.45) is 5.73 Å². The average molecular weight is 467 g/mol. The number of nitrogens with two attached hydrogens (primary N) is 1. The Morgan fingerprint density at radius 1 is 1.16 bits per heavy atom. The summed E-state index contributed by atoms with van der Waals surface area (Å²) >= 11 is 3.14. The van der Waals surface area contributed by atoms with E-state index in [1.54, 1.807) is 41.6 Å². The van der Waals surface area contributed by atoms with Crippen LogP contribution in [-0.2, 0) is 9.53 Å². The molecule has 1 aromatic heterocycles. The van der Waals surface area contributed by atoms with Gasteiger partial charge in [-0.3, -0.25) is 4.79 Å². The van der Waals surface area contributed by atoms with Crippen LogP contribution in [0.5, 0.6) is 11.5 Å². The van der Waals surface area contributed by atoms with Crippen LogP contribution in [0.2, 0.25) is 0 Å². The number of carbonyl (C=O) groups is 1. The van der Waals surface area contributed by atoms with E-state index in [1.165, 1.54) is 6.07 Å². The number of amides is 1. The van der Waals surface area contributed by atoms with Crippen molar-refractivity contribution in [3.63, 3.8) is 0 Å². The first-order valence-electron chi connectivity index (χ1n) is 10.5. The van der Waals surface area contributed by atoms with Gasteiger partial charge in [0, 0.05) is 45.6 Å². The molecule has 2 saturated heterocycles. The summed E-state index contributed by atoms with van der Waals surface area (Å²) in [4.78, 5) is 19.8. The summed E-state index contributed by atoms with van der Waals surface area (Å²) in [6.45, 7) is 8.40. The second-order valence-corrected chi connectivity index (χ2v) is 9.68. The molecule has 4 rings (SSSR count). The highest BCUT2D eigenvalue weighted by Crippen LogP contribution is 2.39. The number of nitrogens with zero attached hydrogens (tertiary/aromatic N) is 3. The molecule has 8 nitrogen and oxygen atoms in total. The molecule has 0 bridgehead atoms. The quantitative estimate of drug-likeness (QED) is 0.455. The topological polar surface area (TPSA) is 112 Å². The van der Waals surface area contributed by atoms with Crippen molar-refractivity contribution in [1.29, 1.82) is 0 Å². The van der Waals surface area contributed by atoms with Crippen LogP contribution < -0.4 is 10.6 Å². The standard InChI is InChI=1S/C19H24N4O4S2.C2H6/c20-17(26)19(3-9-27-10-4-19)29-23-7-5-22(6-8-23)18-21-12-16(28-18)13-1-2-14(24)15(25)11-13;1-2/h1-2,11-12,24-25H,3-10H2,(H2,20,26);1-2H3. The van der Waals surface area contributed by atoms with Gasteiger partial charge in [-0.1, -0.05) is 37.1 Å². The van der Waals surface area contributed by atoms with Gasteiger partial charge < -0.3 is 25.6 Å². The number of aromatic nitrogens is 1. The maximum absolute atomic E-state index is 12.1. The lowest BCUT2D eigenvalue weighted by Crippen LogP contribution is -2.51. The van der Waals surface area contributed by atoms with Gasteiger partial charge in [-0.2, -0.15) is 0 Å². The van der Waals surface area contributed by atoms with Crippen LogP contribution in [-0.4, -0.2) is 69.5 Å². The molecule has 0 saturated carbocycles. The predicted octanol–water partition coefficient (Wildman–Crippen LogP) is 3.05. The van der Waals surface area contributed by atoms with Crippen LogP contribution in [0.3, 0.4) is 0 Å². The summed E-state index contributed by atoms with van der Waals surface area (Å²) in [7, 11) is 0. The first-order valence-corrected chi connectivity index (χ1v) is 12.1. The normalized spacial score (nSPS) is 18.8. The summed E-state index contributed by atoms with van der Waals surface area (Å²) in [6.07, 6.45) is 3.10. The number of thiazole rings is 1. The van der Waals surface area contributed by atoms with E-state index in [-0.39, 0.29) is 17.4 Å². The van der Waals surface area contributed by atoms with Gasteiger partial charge in [0.1, 0.15) is 4.75 Å². The molecule has 1 aromatic carbocycles. The third-order valence-electron chi connectivity index (χ3n) is 5.32. The third-order valence-corrected chi connectivity index (χ3v) is 8.01. The number of benzene rings is 1. The molecule has 170 valence electrons. The number of ether oxygens (including phenoxy) is 1. The molecule has 2 aliphatic heterocycles.